The Balaban J connectivity index is 1.58. The van der Waals surface area contributed by atoms with Crippen molar-refractivity contribution in [2.75, 3.05) is 5.32 Å². The van der Waals surface area contributed by atoms with Crippen molar-refractivity contribution in [2.45, 2.75) is 25.9 Å². The maximum atomic E-state index is 12.6. The molecule has 1 atom stereocenters. The second-order valence-corrected chi connectivity index (χ2v) is 7.00. The van der Waals surface area contributed by atoms with Crippen molar-refractivity contribution in [1.29, 1.82) is 0 Å². The van der Waals surface area contributed by atoms with Gasteiger partial charge in [0.2, 0.25) is 0 Å². The molecular weight excluding hydrogens is 346 g/mol. The zero-order valence-corrected chi connectivity index (χ0v) is 15.9. The molecule has 3 heteroatoms. The monoisotopic (exact) mass is 369 g/mol. The number of benzene rings is 3. The average molecular weight is 369 g/mol. The summed E-state index contributed by atoms with van der Waals surface area (Å²) in [4.78, 5) is 12.6. The molecule has 0 saturated carbocycles. The lowest BCUT2D eigenvalue weighted by molar-refractivity contribution is 0.102. The molecule has 0 fully saturated rings. The first-order chi connectivity index (χ1) is 13.7. The number of hydrogen-bond donors (Lipinski definition) is 2. The average Bonchev–Trinajstić information content (AvgIpc) is 2.74. The lowest BCUT2D eigenvalue weighted by Crippen LogP contribution is -2.13. The molecule has 1 amide bonds. The van der Waals surface area contributed by atoms with Crippen LogP contribution in [-0.4, -0.2) is 11.0 Å². The van der Waals surface area contributed by atoms with Gasteiger partial charge in [-0.15, -0.1) is 0 Å². The molecule has 0 heterocycles. The molecule has 3 aromatic carbocycles. The first-order valence-corrected chi connectivity index (χ1v) is 9.64. The van der Waals surface area contributed by atoms with Gasteiger partial charge >= 0.3 is 0 Å². The number of rotatable bonds is 4. The minimum absolute atomic E-state index is 0.0895. The lowest BCUT2D eigenvalue weighted by atomic mass is 9.88. The fourth-order valence-electron chi connectivity index (χ4n) is 3.73. The van der Waals surface area contributed by atoms with Gasteiger partial charge in [0.05, 0.1) is 6.10 Å². The van der Waals surface area contributed by atoms with E-state index in [0.717, 1.165) is 39.9 Å². The van der Waals surface area contributed by atoms with E-state index < -0.39 is 6.10 Å². The van der Waals surface area contributed by atoms with E-state index in [1.807, 2.05) is 73.7 Å². The summed E-state index contributed by atoms with van der Waals surface area (Å²) in [5.74, 6) is -0.0895. The molecule has 1 unspecified atom stereocenters. The van der Waals surface area contributed by atoms with Crippen LogP contribution in [0.5, 0.6) is 0 Å². The fraction of sp³-hybridized carbons (Fsp3) is 0.160. The summed E-state index contributed by atoms with van der Waals surface area (Å²) in [5.41, 5.74) is 6.69. The van der Waals surface area contributed by atoms with E-state index in [1.165, 1.54) is 0 Å². The van der Waals surface area contributed by atoms with Gasteiger partial charge in [-0.3, -0.25) is 4.79 Å². The van der Waals surface area contributed by atoms with Gasteiger partial charge in [0, 0.05) is 11.3 Å². The number of hydrogen-bond acceptors (Lipinski definition) is 2. The Bertz CT molecular complexity index is 1030. The molecule has 140 valence electrons. The molecule has 0 aliphatic heterocycles. The molecular formula is C25H23NO2. The molecule has 0 bridgehead atoms. The van der Waals surface area contributed by atoms with E-state index >= 15 is 0 Å². The number of amides is 1. The summed E-state index contributed by atoms with van der Waals surface area (Å²) >= 11 is 0. The summed E-state index contributed by atoms with van der Waals surface area (Å²) in [6.45, 7) is 2.05. The summed E-state index contributed by atoms with van der Waals surface area (Å²) in [6, 6.07) is 21.6. The molecule has 1 aliphatic carbocycles. The standard InChI is InChI=1S/C25H23NO2/c1-2-17-7-3-4-8-21(17)25(28)26-19-15-13-18(14-16-19)20-9-5-11-23-22(20)10-6-12-24(23)27/h3-11,13-16,24,27H,2,12H2,1H3,(H,26,28). The third-order valence-electron chi connectivity index (χ3n) is 5.24. The van der Waals surface area contributed by atoms with Crippen LogP contribution in [0.2, 0.25) is 0 Å². The Kier molecular flexibility index (Phi) is 5.09. The van der Waals surface area contributed by atoms with Crippen molar-refractivity contribution >= 4 is 17.7 Å². The molecule has 0 radical (unpaired) electrons. The maximum Gasteiger partial charge on any atom is 0.255 e. The number of carbonyl (C=O) groups is 1. The van der Waals surface area contributed by atoms with Gasteiger partial charge in [-0.2, -0.15) is 0 Å². The zero-order valence-electron chi connectivity index (χ0n) is 15.9. The molecule has 0 aromatic heterocycles. The second-order valence-electron chi connectivity index (χ2n) is 7.00. The van der Waals surface area contributed by atoms with E-state index in [0.29, 0.717) is 12.0 Å². The molecule has 3 nitrogen and oxygen atoms in total. The highest BCUT2D eigenvalue weighted by Gasteiger charge is 2.17. The number of aryl methyl sites for hydroxylation is 1. The fourth-order valence-corrected chi connectivity index (χ4v) is 3.73. The van der Waals surface area contributed by atoms with Crippen LogP contribution in [0, 0.1) is 0 Å². The topological polar surface area (TPSA) is 49.3 Å². The van der Waals surface area contributed by atoms with Crippen LogP contribution in [0.15, 0.2) is 72.8 Å². The molecule has 3 aromatic rings. The molecule has 1 aliphatic rings. The van der Waals surface area contributed by atoms with Gasteiger partial charge in [0.25, 0.3) is 5.91 Å². The summed E-state index contributed by atoms with van der Waals surface area (Å²) < 4.78 is 0. The summed E-state index contributed by atoms with van der Waals surface area (Å²) in [7, 11) is 0. The van der Waals surface area contributed by atoms with Crippen LogP contribution >= 0.6 is 0 Å². The third-order valence-corrected chi connectivity index (χ3v) is 5.24. The van der Waals surface area contributed by atoms with Crippen molar-refractivity contribution in [3.8, 4) is 11.1 Å². The first kappa shape index (κ1) is 18.2. The van der Waals surface area contributed by atoms with Crippen LogP contribution in [0.3, 0.4) is 0 Å². The Morgan fingerprint density at radius 3 is 2.61 bits per heavy atom. The number of aliphatic hydroxyl groups is 1. The van der Waals surface area contributed by atoms with E-state index in [1.54, 1.807) is 0 Å². The minimum atomic E-state index is -0.447. The van der Waals surface area contributed by atoms with Crippen molar-refractivity contribution in [1.82, 2.24) is 0 Å². The quantitative estimate of drug-likeness (QED) is 0.627. The predicted molar refractivity (Wildman–Crippen MR) is 114 cm³/mol. The molecule has 28 heavy (non-hydrogen) atoms. The second kappa shape index (κ2) is 7.83. The third kappa shape index (κ3) is 3.49. The largest absolute Gasteiger partial charge is 0.388 e. The van der Waals surface area contributed by atoms with Crippen molar-refractivity contribution < 1.29 is 9.90 Å². The minimum Gasteiger partial charge on any atom is -0.388 e. The van der Waals surface area contributed by atoms with Gasteiger partial charge in [-0.05, 0) is 58.9 Å². The highest BCUT2D eigenvalue weighted by Crippen LogP contribution is 2.35. The number of nitrogens with one attached hydrogen (secondary N) is 1. The SMILES string of the molecule is CCc1ccccc1C(=O)Nc1ccc(-c2cccc3c2C=CCC3O)cc1. The normalized spacial score (nSPS) is 15.1. The van der Waals surface area contributed by atoms with Crippen molar-refractivity contribution in [3.63, 3.8) is 0 Å². The maximum absolute atomic E-state index is 12.6. The number of fused-ring (bicyclic) bond motifs is 1. The van der Waals surface area contributed by atoms with Gasteiger partial charge in [-0.1, -0.05) is 67.6 Å². The van der Waals surface area contributed by atoms with Gasteiger partial charge < -0.3 is 10.4 Å². The Morgan fingerprint density at radius 2 is 1.82 bits per heavy atom. The Morgan fingerprint density at radius 1 is 1.04 bits per heavy atom. The van der Waals surface area contributed by atoms with E-state index in [9.17, 15) is 9.90 Å². The molecule has 2 N–H and O–H groups in total. The first-order valence-electron chi connectivity index (χ1n) is 9.64. The van der Waals surface area contributed by atoms with Crippen LogP contribution in [0.25, 0.3) is 17.2 Å². The highest BCUT2D eigenvalue weighted by molar-refractivity contribution is 6.05. The smallest absolute Gasteiger partial charge is 0.255 e. The van der Waals surface area contributed by atoms with E-state index in [2.05, 4.69) is 17.5 Å². The van der Waals surface area contributed by atoms with Crippen molar-refractivity contribution in [3.05, 3.63) is 95.1 Å². The van der Waals surface area contributed by atoms with E-state index in [-0.39, 0.29) is 5.91 Å². The van der Waals surface area contributed by atoms with Crippen LogP contribution in [0.1, 0.15) is 46.5 Å². The zero-order chi connectivity index (χ0) is 19.5. The van der Waals surface area contributed by atoms with Gasteiger partial charge in [0.15, 0.2) is 0 Å². The number of aliphatic hydroxyl groups excluding tert-OH is 1. The van der Waals surface area contributed by atoms with Crippen molar-refractivity contribution in [2.24, 2.45) is 0 Å². The Labute approximate surface area is 165 Å². The van der Waals surface area contributed by atoms with Crippen LogP contribution in [-0.2, 0) is 6.42 Å². The lowest BCUT2D eigenvalue weighted by Gasteiger charge is -2.20. The molecule has 4 rings (SSSR count). The predicted octanol–water partition coefficient (Wildman–Crippen LogP) is 5.62. The van der Waals surface area contributed by atoms with Crippen LogP contribution < -0.4 is 5.32 Å². The van der Waals surface area contributed by atoms with E-state index in [4.69, 9.17) is 0 Å². The highest BCUT2D eigenvalue weighted by atomic mass is 16.3. The molecule has 0 saturated heterocycles. The number of anilines is 1. The van der Waals surface area contributed by atoms with Gasteiger partial charge in [-0.25, -0.2) is 0 Å². The van der Waals surface area contributed by atoms with Gasteiger partial charge in [0.1, 0.15) is 0 Å². The Hall–Kier alpha value is -3.17. The van der Waals surface area contributed by atoms with Crippen LogP contribution in [0.4, 0.5) is 5.69 Å². The summed E-state index contributed by atoms with van der Waals surface area (Å²) in [5, 5.41) is 13.2. The number of carbonyl (C=O) groups excluding carboxylic acids is 1. The summed E-state index contributed by atoms with van der Waals surface area (Å²) in [6.07, 6.45) is 5.12. The molecule has 0 spiro atoms.